The Morgan fingerprint density at radius 2 is 2.05 bits per heavy atom. The van der Waals surface area contributed by atoms with Gasteiger partial charge in [-0.25, -0.2) is 0 Å². The molecular weight excluding hydrogens is 258 g/mol. The molecule has 0 saturated carbocycles. The van der Waals surface area contributed by atoms with Crippen LogP contribution >= 0.6 is 11.8 Å². The van der Waals surface area contributed by atoms with Crippen LogP contribution in [0.2, 0.25) is 0 Å². The van der Waals surface area contributed by atoms with E-state index >= 15 is 0 Å². The molecule has 3 nitrogen and oxygen atoms in total. The van der Waals surface area contributed by atoms with Crippen molar-refractivity contribution in [3.05, 3.63) is 30.3 Å². The zero-order valence-electron chi connectivity index (χ0n) is 11.1. The number of likely N-dealkylation sites (tertiary alicyclic amines) is 1. The number of benzene rings is 1. The Labute approximate surface area is 119 Å². The molecule has 0 radical (unpaired) electrons. The normalized spacial score (nSPS) is 20.9. The summed E-state index contributed by atoms with van der Waals surface area (Å²) in [4.78, 5) is 14.7. The van der Waals surface area contributed by atoms with Crippen molar-refractivity contribution in [2.45, 2.75) is 36.6 Å². The molecule has 104 valence electrons. The number of rotatable bonds is 5. The van der Waals surface area contributed by atoms with Crippen LogP contribution < -0.4 is 0 Å². The number of nitrogens with zero attached hydrogens (tertiary/aromatic N) is 1. The van der Waals surface area contributed by atoms with Gasteiger partial charge in [0.15, 0.2) is 0 Å². The molecule has 0 bridgehead atoms. The summed E-state index contributed by atoms with van der Waals surface area (Å²) in [6, 6.07) is 10.0. The lowest BCUT2D eigenvalue weighted by molar-refractivity contribution is -0.143. The van der Waals surface area contributed by atoms with Gasteiger partial charge >= 0.3 is 5.97 Å². The number of carbonyl (C=O) groups is 1. The summed E-state index contributed by atoms with van der Waals surface area (Å²) >= 11 is 1.80. The van der Waals surface area contributed by atoms with Gasteiger partial charge in [-0.05, 0) is 31.5 Å². The van der Waals surface area contributed by atoms with E-state index in [1.165, 1.54) is 4.90 Å². The average molecular weight is 279 g/mol. The summed E-state index contributed by atoms with van der Waals surface area (Å²) in [5.41, 5.74) is 0. The van der Waals surface area contributed by atoms with Crippen molar-refractivity contribution in [2.75, 3.05) is 18.8 Å². The van der Waals surface area contributed by atoms with E-state index in [9.17, 15) is 9.90 Å². The predicted octanol–water partition coefficient (Wildman–Crippen LogP) is 3.11. The van der Waals surface area contributed by atoms with Crippen molar-refractivity contribution in [1.82, 2.24) is 4.90 Å². The zero-order valence-corrected chi connectivity index (χ0v) is 11.9. The van der Waals surface area contributed by atoms with Crippen molar-refractivity contribution < 1.29 is 9.90 Å². The topological polar surface area (TPSA) is 40.5 Å². The minimum Gasteiger partial charge on any atom is -0.480 e. The molecule has 19 heavy (non-hydrogen) atoms. The fraction of sp³-hybridized carbons (Fsp3) is 0.533. The fourth-order valence-corrected chi connectivity index (χ4v) is 3.42. The highest BCUT2D eigenvalue weighted by molar-refractivity contribution is 7.99. The van der Waals surface area contributed by atoms with Crippen molar-refractivity contribution >= 4 is 17.7 Å². The van der Waals surface area contributed by atoms with Crippen LogP contribution in [0.4, 0.5) is 0 Å². The second-order valence-electron chi connectivity index (χ2n) is 4.90. The lowest BCUT2D eigenvalue weighted by Gasteiger charge is -2.26. The standard InChI is InChI=1S/C15H21NO2S/c17-15(18)14-9-5-2-6-10-16(14)11-12-19-13-7-3-1-4-8-13/h1,3-4,7-8,14H,2,5-6,9-12H2,(H,17,18). The first-order chi connectivity index (χ1) is 9.27. The molecule has 1 aliphatic rings. The number of aliphatic carboxylic acids is 1. The Bertz CT molecular complexity index is 396. The first-order valence-electron chi connectivity index (χ1n) is 6.92. The number of hydrogen-bond donors (Lipinski definition) is 1. The molecule has 1 heterocycles. The number of thioether (sulfide) groups is 1. The Hall–Kier alpha value is -1.00. The highest BCUT2D eigenvalue weighted by Crippen LogP contribution is 2.20. The number of carboxylic acid groups (broad SMARTS) is 1. The molecule has 0 aromatic heterocycles. The molecule has 1 aromatic rings. The van der Waals surface area contributed by atoms with Crippen LogP contribution in [0.5, 0.6) is 0 Å². The van der Waals surface area contributed by atoms with Crippen LogP contribution in [0.1, 0.15) is 25.7 Å². The van der Waals surface area contributed by atoms with Crippen LogP contribution in [0.25, 0.3) is 0 Å². The van der Waals surface area contributed by atoms with Crippen molar-refractivity contribution in [3.63, 3.8) is 0 Å². The molecule has 1 N–H and O–H groups in total. The van der Waals surface area contributed by atoms with Gasteiger partial charge in [0.2, 0.25) is 0 Å². The van der Waals surface area contributed by atoms with Gasteiger partial charge in [0.05, 0.1) is 0 Å². The van der Waals surface area contributed by atoms with Gasteiger partial charge in [-0.15, -0.1) is 11.8 Å². The Morgan fingerprint density at radius 1 is 1.26 bits per heavy atom. The summed E-state index contributed by atoms with van der Waals surface area (Å²) in [7, 11) is 0. The van der Waals surface area contributed by atoms with Gasteiger partial charge in [-0.1, -0.05) is 31.0 Å². The van der Waals surface area contributed by atoms with Gasteiger partial charge < -0.3 is 5.11 Å². The van der Waals surface area contributed by atoms with Crippen LogP contribution in [0.15, 0.2) is 35.2 Å². The molecule has 0 spiro atoms. The Balaban J connectivity index is 1.83. The lowest BCUT2D eigenvalue weighted by atomic mass is 10.1. The predicted molar refractivity (Wildman–Crippen MR) is 78.6 cm³/mol. The maximum atomic E-state index is 11.3. The van der Waals surface area contributed by atoms with E-state index in [4.69, 9.17) is 0 Å². The van der Waals surface area contributed by atoms with E-state index in [1.54, 1.807) is 11.8 Å². The first kappa shape index (κ1) is 14.4. The molecule has 4 heteroatoms. The molecule has 2 rings (SSSR count). The van der Waals surface area contributed by atoms with Crippen LogP contribution in [-0.4, -0.2) is 40.9 Å². The Kier molecular flexibility index (Phi) is 5.73. The molecule has 1 fully saturated rings. The quantitative estimate of drug-likeness (QED) is 0.841. The molecule has 1 unspecified atom stereocenters. The smallest absolute Gasteiger partial charge is 0.320 e. The van der Waals surface area contributed by atoms with E-state index in [-0.39, 0.29) is 6.04 Å². The zero-order chi connectivity index (χ0) is 13.5. The van der Waals surface area contributed by atoms with Gasteiger partial charge in [0.1, 0.15) is 6.04 Å². The SMILES string of the molecule is O=C(O)C1CCCCCN1CCSc1ccccc1. The van der Waals surface area contributed by atoms with Crippen molar-refractivity contribution in [2.24, 2.45) is 0 Å². The van der Waals surface area contributed by atoms with Crippen molar-refractivity contribution in [1.29, 1.82) is 0 Å². The second kappa shape index (κ2) is 7.56. The summed E-state index contributed by atoms with van der Waals surface area (Å²) in [6.45, 7) is 1.78. The molecule has 1 saturated heterocycles. The molecule has 0 amide bonds. The third-order valence-electron chi connectivity index (χ3n) is 3.54. The minimum absolute atomic E-state index is 0.279. The fourth-order valence-electron chi connectivity index (χ4n) is 2.51. The molecule has 1 atom stereocenters. The van der Waals surface area contributed by atoms with Crippen molar-refractivity contribution in [3.8, 4) is 0 Å². The largest absolute Gasteiger partial charge is 0.480 e. The third kappa shape index (κ3) is 4.55. The third-order valence-corrected chi connectivity index (χ3v) is 4.53. The Morgan fingerprint density at radius 3 is 2.79 bits per heavy atom. The summed E-state index contributed by atoms with van der Waals surface area (Å²) in [6.07, 6.45) is 4.12. The van der Waals surface area contributed by atoms with Crippen LogP contribution in [0, 0.1) is 0 Å². The first-order valence-corrected chi connectivity index (χ1v) is 7.90. The van der Waals surface area contributed by atoms with Crippen LogP contribution in [-0.2, 0) is 4.79 Å². The highest BCUT2D eigenvalue weighted by Gasteiger charge is 2.26. The molecule has 0 aliphatic carbocycles. The molecule has 1 aliphatic heterocycles. The van der Waals surface area contributed by atoms with E-state index in [1.807, 2.05) is 18.2 Å². The van der Waals surface area contributed by atoms with Gasteiger partial charge in [-0.2, -0.15) is 0 Å². The summed E-state index contributed by atoms with van der Waals surface area (Å²) in [5.74, 6) is 0.292. The van der Waals surface area contributed by atoms with Gasteiger partial charge in [-0.3, -0.25) is 9.69 Å². The van der Waals surface area contributed by atoms with E-state index in [0.29, 0.717) is 0 Å². The van der Waals surface area contributed by atoms with E-state index < -0.39 is 5.97 Å². The summed E-state index contributed by atoms with van der Waals surface area (Å²) in [5, 5.41) is 9.30. The molecule has 1 aromatic carbocycles. The number of hydrogen-bond acceptors (Lipinski definition) is 3. The number of carboxylic acids is 1. The summed E-state index contributed by atoms with van der Waals surface area (Å²) < 4.78 is 0. The lowest BCUT2D eigenvalue weighted by Crippen LogP contribution is -2.41. The second-order valence-corrected chi connectivity index (χ2v) is 6.07. The maximum Gasteiger partial charge on any atom is 0.320 e. The van der Waals surface area contributed by atoms with E-state index in [2.05, 4.69) is 17.0 Å². The molecular formula is C15H21NO2S. The van der Waals surface area contributed by atoms with Crippen LogP contribution in [0.3, 0.4) is 0 Å². The maximum absolute atomic E-state index is 11.3. The van der Waals surface area contributed by atoms with Gasteiger partial charge in [0, 0.05) is 17.2 Å². The average Bonchev–Trinajstić information content (AvgIpc) is 2.65. The monoisotopic (exact) mass is 279 g/mol. The highest BCUT2D eigenvalue weighted by atomic mass is 32.2. The van der Waals surface area contributed by atoms with Gasteiger partial charge in [0.25, 0.3) is 0 Å². The minimum atomic E-state index is -0.661. The van der Waals surface area contributed by atoms with E-state index in [0.717, 1.165) is 44.5 Å².